The molecule has 0 bridgehead atoms. The normalized spacial score (nSPS) is 11.5. The molecular formula is C11H17FO2. The molecule has 0 unspecified atom stereocenters. The third-order valence-electron chi connectivity index (χ3n) is 1.36. The van der Waals surface area contributed by atoms with Crippen molar-refractivity contribution in [1.29, 1.82) is 0 Å². The van der Waals surface area contributed by atoms with E-state index in [-0.39, 0.29) is 0 Å². The molecule has 0 radical (unpaired) electrons. The van der Waals surface area contributed by atoms with E-state index in [0.717, 1.165) is 6.08 Å². The topological polar surface area (TPSA) is 37.3 Å². The van der Waals surface area contributed by atoms with Gasteiger partial charge in [-0.25, -0.2) is 9.18 Å². The Bertz CT molecular complexity index is 262. The van der Waals surface area contributed by atoms with Gasteiger partial charge in [-0.05, 0) is 19.9 Å². The second-order valence-corrected chi connectivity index (χ2v) is 2.31. The number of aliphatic carboxylic acids is 1. The molecule has 0 aliphatic heterocycles. The van der Waals surface area contributed by atoms with Crippen LogP contribution in [0, 0.1) is 0 Å². The lowest BCUT2D eigenvalue weighted by atomic mass is 10.2. The number of carboxylic acids is 1. The van der Waals surface area contributed by atoms with Crippen LogP contribution in [0.5, 0.6) is 0 Å². The third kappa shape index (κ3) is 6.17. The standard InChI is InChI=1S/C9H11FO2.C2H6/c1-4-6(2)5-8(10)7(3)9(11)12;1-2/h4-5H,3H2,1-2H3,(H,11,12);1-2H3/b6-4-,8-5+;. The lowest BCUT2D eigenvalue weighted by Crippen LogP contribution is -1.99. The molecule has 0 aromatic rings. The van der Waals surface area contributed by atoms with Crippen LogP contribution < -0.4 is 0 Å². The van der Waals surface area contributed by atoms with E-state index in [1.807, 2.05) is 13.8 Å². The summed E-state index contributed by atoms with van der Waals surface area (Å²) in [6.45, 7) is 10.5. The second kappa shape index (κ2) is 8.23. The van der Waals surface area contributed by atoms with Crippen LogP contribution in [0.1, 0.15) is 27.7 Å². The van der Waals surface area contributed by atoms with Crippen molar-refractivity contribution in [2.45, 2.75) is 27.7 Å². The zero-order valence-corrected chi connectivity index (χ0v) is 9.10. The monoisotopic (exact) mass is 200 g/mol. The van der Waals surface area contributed by atoms with Gasteiger partial charge in [0.2, 0.25) is 0 Å². The number of rotatable bonds is 3. The quantitative estimate of drug-likeness (QED) is 0.559. The van der Waals surface area contributed by atoms with E-state index >= 15 is 0 Å². The van der Waals surface area contributed by atoms with E-state index < -0.39 is 17.4 Å². The van der Waals surface area contributed by atoms with Gasteiger partial charge < -0.3 is 5.11 Å². The minimum atomic E-state index is -1.34. The predicted octanol–water partition coefficient (Wildman–Crippen LogP) is 3.47. The molecule has 0 aromatic heterocycles. The predicted molar refractivity (Wildman–Crippen MR) is 56.7 cm³/mol. The van der Waals surface area contributed by atoms with Crippen LogP contribution in [-0.4, -0.2) is 11.1 Å². The van der Waals surface area contributed by atoms with E-state index in [4.69, 9.17) is 5.11 Å². The zero-order valence-electron chi connectivity index (χ0n) is 9.10. The summed E-state index contributed by atoms with van der Waals surface area (Å²) in [5.41, 5.74) is 0.145. The van der Waals surface area contributed by atoms with Crippen LogP contribution >= 0.6 is 0 Å². The Labute approximate surface area is 84.4 Å². The molecule has 0 fully saturated rings. The van der Waals surface area contributed by atoms with Gasteiger partial charge in [-0.2, -0.15) is 0 Å². The molecule has 3 heteroatoms. The molecule has 80 valence electrons. The molecular weight excluding hydrogens is 183 g/mol. The summed E-state index contributed by atoms with van der Waals surface area (Å²) in [5, 5.41) is 8.34. The van der Waals surface area contributed by atoms with E-state index in [2.05, 4.69) is 6.58 Å². The molecule has 0 spiro atoms. The first-order valence-corrected chi connectivity index (χ1v) is 4.41. The maximum Gasteiger partial charge on any atom is 0.338 e. The Hall–Kier alpha value is -1.38. The van der Waals surface area contributed by atoms with Gasteiger partial charge in [-0.3, -0.25) is 0 Å². The first-order valence-electron chi connectivity index (χ1n) is 4.41. The average molecular weight is 200 g/mol. The molecule has 14 heavy (non-hydrogen) atoms. The Morgan fingerprint density at radius 2 is 1.86 bits per heavy atom. The first-order chi connectivity index (χ1) is 6.49. The number of halogens is 1. The maximum atomic E-state index is 12.8. The number of hydrogen-bond donors (Lipinski definition) is 1. The summed E-state index contributed by atoms with van der Waals surface area (Å²) in [6, 6.07) is 0. The minimum absolute atomic E-state index is 0.517. The van der Waals surface area contributed by atoms with Gasteiger partial charge in [0.05, 0.1) is 5.57 Å². The van der Waals surface area contributed by atoms with Crippen molar-refractivity contribution >= 4 is 5.97 Å². The molecule has 0 amide bonds. The van der Waals surface area contributed by atoms with E-state index in [1.165, 1.54) is 0 Å². The highest BCUT2D eigenvalue weighted by molar-refractivity contribution is 5.90. The van der Waals surface area contributed by atoms with E-state index in [9.17, 15) is 9.18 Å². The van der Waals surface area contributed by atoms with Crippen molar-refractivity contribution < 1.29 is 14.3 Å². The van der Waals surface area contributed by atoms with Gasteiger partial charge in [-0.1, -0.05) is 32.1 Å². The van der Waals surface area contributed by atoms with Gasteiger partial charge >= 0.3 is 5.97 Å². The number of carbonyl (C=O) groups is 1. The van der Waals surface area contributed by atoms with Gasteiger partial charge in [0, 0.05) is 0 Å². The second-order valence-electron chi connectivity index (χ2n) is 2.31. The van der Waals surface area contributed by atoms with Crippen LogP contribution in [0.2, 0.25) is 0 Å². The molecule has 0 aromatic carbocycles. The lowest BCUT2D eigenvalue weighted by Gasteiger charge is -1.95. The maximum absolute atomic E-state index is 12.8. The lowest BCUT2D eigenvalue weighted by molar-refractivity contribution is -0.132. The highest BCUT2D eigenvalue weighted by Crippen LogP contribution is 2.12. The summed E-state index contributed by atoms with van der Waals surface area (Å²) in [7, 11) is 0. The summed E-state index contributed by atoms with van der Waals surface area (Å²) in [4.78, 5) is 10.2. The van der Waals surface area contributed by atoms with Crippen molar-refractivity contribution in [2.24, 2.45) is 0 Å². The highest BCUT2D eigenvalue weighted by atomic mass is 19.1. The summed E-state index contributed by atoms with van der Waals surface area (Å²) >= 11 is 0. The number of allylic oxidation sites excluding steroid dienone is 3. The van der Waals surface area contributed by atoms with Crippen LogP contribution in [0.4, 0.5) is 4.39 Å². The highest BCUT2D eigenvalue weighted by Gasteiger charge is 2.08. The number of hydrogen-bond acceptors (Lipinski definition) is 1. The van der Waals surface area contributed by atoms with Crippen molar-refractivity contribution in [3.63, 3.8) is 0 Å². The molecule has 0 heterocycles. The zero-order chi connectivity index (χ0) is 11.7. The molecule has 0 aliphatic rings. The molecule has 2 nitrogen and oxygen atoms in total. The molecule has 0 rings (SSSR count). The molecule has 0 aliphatic carbocycles. The van der Waals surface area contributed by atoms with Gasteiger partial charge in [-0.15, -0.1) is 0 Å². The SMILES string of the molecule is C=C(C(=O)O)/C(F)=C\C(C)=C/C.CC. The van der Waals surface area contributed by atoms with E-state index in [0.29, 0.717) is 5.57 Å². The van der Waals surface area contributed by atoms with Gasteiger partial charge in [0.25, 0.3) is 0 Å². The van der Waals surface area contributed by atoms with Crippen LogP contribution in [0.3, 0.4) is 0 Å². The van der Waals surface area contributed by atoms with Gasteiger partial charge in [0.15, 0.2) is 0 Å². The fourth-order valence-corrected chi connectivity index (χ4v) is 0.472. The Morgan fingerprint density at radius 3 is 2.14 bits per heavy atom. The van der Waals surface area contributed by atoms with Crippen molar-refractivity contribution in [3.8, 4) is 0 Å². The summed E-state index contributed by atoms with van der Waals surface area (Å²) in [6.07, 6.45) is 2.81. The van der Waals surface area contributed by atoms with Crippen molar-refractivity contribution in [3.05, 3.63) is 35.7 Å². The fourth-order valence-electron chi connectivity index (χ4n) is 0.472. The Balaban J connectivity index is 0. The number of carboxylic acid groups (broad SMARTS) is 1. The van der Waals surface area contributed by atoms with Crippen molar-refractivity contribution in [2.75, 3.05) is 0 Å². The van der Waals surface area contributed by atoms with Crippen LogP contribution in [-0.2, 0) is 4.79 Å². The summed E-state index contributed by atoms with van der Waals surface area (Å²) < 4.78 is 12.8. The molecule has 1 N–H and O–H groups in total. The summed E-state index contributed by atoms with van der Waals surface area (Å²) in [5.74, 6) is -2.15. The molecule has 0 atom stereocenters. The third-order valence-corrected chi connectivity index (χ3v) is 1.36. The van der Waals surface area contributed by atoms with Crippen molar-refractivity contribution in [1.82, 2.24) is 0 Å². The van der Waals surface area contributed by atoms with Gasteiger partial charge in [0.1, 0.15) is 5.83 Å². The fraction of sp³-hybridized carbons (Fsp3) is 0.364. The Kier molecular flexibility index (Phi) is 8.88. The first kappa shape index (κ1) is 15.1. The molecule has 0 saturated heterocycles. The minimum Gasteiger partial charge on any atom is -0.478 e. The Morgan fingerprint density at radius 1 is 1.43 bits per heavy atom. The largest absolute Gasteiger partial charge is 0.478 e. The average Bonchev–Trinajstić information content (AvgIpc) is 2.19. The van der Waals surface area contributed by atoms with Crippen LogP contribution in [0.15, 0.2) is 35.7 Å². The van der Waals surface area contributed by atoms with Crippen LogP contribution in [0.25, 0.3) is 0 Å². The smallest absolute Gasteiger partial charge is 0.338 e. The molecule has 0 saturated carbocycles. The van der Waals surface area contributed by atoms with E-state index in [1.54, 1.807) is 19.9 Å².